The van der Waals surface area contributed by atoms with E-state index in [-0.39, 0.29) is 0 Å². The summed E-state index contributed by atoms with van der Waals surface area (Å²) in [4.78, 5) is 24.6. The van der Waals surface area contributed by atoms with Crippen LogP contribution >= 0.6 is 0 Å². The number of esters is 2. The van der Waals surface area contributed by atoms with Crippen LogP contribution in [0.4, 0.5) is 0 Å². The lowest BCUT2D eigenvalue weighted by Crippen LogP contribution is -2.75. The minimum atomic E-state index is -2.94. The minimum absolute atomic E-state index is 0.735. The predicted molar refractivity (Wildman–Crippen MR) is 123 cm³/mol. The molecule has 0 aromatic carbocycles. The van der Waals surface area contributed by atoms with Crippen LogP contribution in [0.5, 0.6) is 0 Å². The second-order valence-electron chi connectivity index (χ2n) is 9.69. The van der Waals surface area contributed by atoms with E-state index < -0.39 is 123 Å². The molecule has 15 atom stereocenters. The molecule has 3 heterocycles. The monoisotopic (exact) mass is 587 g/mol. The molecule has 19 nitrogen and oxygen atoms in total. The lowest BCUT2D eigenvalue weighted by molar-refractivity contribution is -0.372. The third-order valence-corrected chi connectivity index (χ3v) is 6.99. The van der Waals surface area contributed by atoms with Gasteiger partial charge < -0.3 is 86.5 Å². The molecule has 3 saturated heterocycles. The van der Waals surface area contributed by atoms with Gasteiger partial charge in [-0.1, -0.05) is 0 Å². The molecular weight excluding hydrogens is 550 g/mol. The summed E-state index contributed by atoms with van der Waals surface area (Å²) in [5, 5.41) is 81.2. The molecule has 3 aliphatic heterocycles. The van der Waals surface area contributed by atoms with Gasteiger partial charge >= 0.3 is 11.9 Å². The first kappa shape index (κ1) is 33.0. The molecule has 0 spiro atoms. The van der Waals surface area contributed by atoms with E-state index in [1.54, 1.807) is 0 Å². The number of carbonyl (C=O) groups is 2. The summed E-state index contributed by atoms with van der Waals surface area (Å²) in [6, 6.07) is -4.91. The molecule has 0 saturated carbocycles. The zero-order valence-corrected chi connectivity index (χ0v) is 21.3. The van der Waals surface area contributed by atoms with Crippen LogP contribution < -0.4 is 17.2 Å². The third-order valence-electron chi connectivity index (χ3n) is 6.99. The van der Waals surface area contributed by atoms with E-state index in [9.17, 15) is 50.4 Å². The summed E-state index contributed by atoms with van der Waals surface area (Å²) < 4.78 is 32.0. The standard InChI is InChI=1S/C21H37N3O16/c1-5(28)35-20(34)21(17(24)14(32)11(29)6(2-25)39-21)40-16-8(4-27)37-19(10(23)13(16)31)38-15-7(3-26)36-18(33)9(22)12(15)30/h6-19,25-27,29-33H,2-4,22-24H2,1H3/t6-,7-,8-,9-,10-,11-,12-,13-,14+,15?,16?,17-,18-,19+,21+/m1/s1. The maximum absolute atomic E-state index is 13.0. The van der Waals surface area contributed by atoms with Crippen molar-refractivity contribution in [2.45, 2.75) is 98.4 Å². The topological polar surface area (TPSA) is 329 Å². The van der Waals surface area contributed by atoms with Crippen LogP contribution in [0.15, 0.2) is 0 Å². The lowest BCUT2D eigenvalue weighted by Gasteiger charge is -2.51. The quantitative estimate of drug-likeness (QED) is 0.0927. The first-order valence-electron chi connectivity index (χ1n) is 12.3. The first-order valence-corrected chi connectivity index (χ1v) is 12.3. The van der Waals surface area contributed by atoms with Gasteiger partial charge in [0.15, 0.2) is 12.6 Å². The Balaban J connectivity index is 1.90. The molecule has 0 aromatic rings. The zero-order chi connectivity index (χ0) is 30.1. The Morgan fingerprint density at radius 2 is 1.32 bits per heavy atom. The van der Waals surface area contributed by atoms with E-state index in [2.05, 4.69) is 4.74 Å². The molecule has 2 unspecified atom stereocenters. The van der Waals surface area contributed by atoms with Gasteiger partial charge in [-0.15, -0.1) is 0 Å². The van der Waals surface area contributed by atoms with E-state index in [0.717, 1.165) is 6.92 Å². The highest BCUT2D eigenvalue weighted by Gasteiger charge is 2.63. The number of aliphatic hydroxyl groups excluding tert-OH is 8. The van der Waals surface area contributed by atoms with Gasteiger partial charge in [-0.2, -0.15) is 0 Å². The van der Waals surface area contributed by atoms with E-state index in [4.69, 9.17) is 40.9 Å². The summed E-state index contributed by atoms with van der Waals surface area (Å²) in [6.07, 6.45) is -18.4. The number of hydrogen-bond donors (Lipinski definition) is 11. The summed E-state index contributed by atoms with van der Waals surface area (Å²) in [6.45, 7) is -1.76. The average molecular weight is 588 g/mol. The number of aliphatic hydroxyl groups is 8. The van der Waals surface area contributed by atoms with Gasteiger partial charge in [0.1, 0.15) is 54.9 Å². The normalized spacial score (nSPS) is 48.0. The van der Waals surface area contributed by atoms with Crippen molar-refractivity contribution in [3.63, 3.8) is 0 Å². The fourth-order valence-corrected chi connectivity index (χ4v) is 4.70. The van der Waals surface area contributed by atoms with Gasteiger partial charge in [-0.25, -0.2) is 4.79 Å². The van der Waals surface area contributed by atoms with Crippen molar-refractivity contribution in [1.29, 1.82) is 0 Å². The Kier molecular flexibility index (Phi) is 10.9. The average Bonchev–Trinajstić information content (AvgIpc) is 2.92. The van der Waals surface area contributed by atoms with E-state index in [1.165, 1.54) is 0 Å². The summed E-state index contributed by atoms with van der Waals surface area (Å²) in [7, 11) is 0. The van der Waals surface area contributed by atoms with Crippen molar-refractivity contribution in [2.24, 2.45) is 17.2 Å². The molecule has 14 N–H and O–H groups in total. The van der Waals surface area contributed by atoms with Crippen molar-refractivity contribution in [1.82, 2.24) is 0 Å². The van der Waals surface area contributed by atoms with Gasteiger partial charge in [0.25, 0.3) is 5.79 Å². The van der Waals surface area contributed by atoms with Gasteiger partial charge in [0, 0.05) is 6.92 Å². The van der Waals surface area contributed by atoms with Crippen molar-refractivity contribution in [2.75, 3.05) is 19.8 Å². The van der Waals surface area contributed by atoms with Crippen LogP contribution in [-0.2, 0) is 38.0 Å². The van der Waals surface area contributed by atoms with Gasteiger partial charge in [0.05, 0.1) is 37.9 Å². The summed E-state index contributed by atoms with van der Waals surface area (Å²) in [5.41, 5.74) is 17.7. The fraction of sp³-hybridized carbons (Fsp3) is 0.905. The summed E-state index contributed by atoms with van der Waals surface area (Å²) >= 11 is 0. The maximum Gasteiger partial charge on any atom is 0.376 e. The highest BCUT2D eigenvalue weighted by atomic mass is 16.8. The van der Waals surface area contributed by atoms with Gasteiger partial charge in [-0.3, -0.25) is 4.79 Å². The zero-order valence-electron chi connectivity index (χ0n) is 21.3. The van der Waals surface area contributed by atoms with Crippen LogP contribution in [-0.4, -0.2) is 164 Å². The molecular formula is C21H37N3O16. The van der Waals surface area contributed by atoms with Crippen LogP contribution in [0.2, 0.25) is 0 Å². The molecule has 3 rings (SSSR count). The number of hydrogen-bond acceptors (Lipinski definition) is 19. The molecule has 3 aliphatic rings. The first-order chi connectivity index (χ1) is 18.7. The Hall–Kier alpha value is -1.50. The highest BCUT2D eigenvalue weighted by molar-refractivity contribution is 5.89. The van der Waals surface area contributed by atoms with E-state index in [1.807, 2.05) is 0 Å². The lowest BCUT2D eigenvalue weighted by atomic mass is 9.89. The van der Waals surface area contributed by atoms with Crippen LogP contribution in [0.1, 0.15) is 6.92 Å². The fourth-order valence-electron chi connectivity index (χ4n) is 4.70. The smallest absolute Gasteiger partial charge is 0.376 e. The minimum Gasteiger partial charge on any atom is -0.394 e. The van der Waals surface area contributed by atoms with Gasteiger partial charge in [-0.05, 0) is 0 Å². The van der Waals surface area contributed by atoms with E-state index in [0.29, 0.717) is 0 Å². The number of rotatable bonds is 8. The van der Waals surface area contributed by atoms with Crippen molar-refractivity contribution in [3.05, 3.63) is 0 Å². The molecule has 19 heteroatoms. The molecule has 0 amide bonds. The van der Waals surface area contributed by atoms with Crippen molar-refractivity contribution in [3.8, 4) is 0 Å². The Morgan fingerprint density at radius 3 is 1.88 bits per heavy atom. The SMILES string of the molecule is CC(=O)OC(=O)[C@]1(OC2[C@@H](CO)O[C@@H](OC3[C@@H](CO)O[C@@H](O)[C@H](N)[C@H]3O)[C@H](N)[C@H]2O)O[C@H](CO)[C@@H](O)[C@H](O)[C@H]1N. The van der Waals surface area contributed by atoms with Crippen molar-refractivity contribution >= 4 is 11.9 Å². The molecule has 40 heavy (non-hydrogen) atoms. The predicted octanol–water partition coefficient (Wildman–Crippen LogP) is -8.21. The summed E-state index contributed by atoms with van der Waals surface area (Å²) in [5.74, 6) is -5.70. The van der Waals surface area contributed by atoms with Crippen LogP contribution in [0.3, 0.4) is 0 Å². The number of ether oxygens (including phenoxy) is 6. The maximum atomic E-state index is 13.0. The van der Waals surface area contributed by atoms with Gasteiger partial charge in [0.2, 0.25) is 0 Å². The second-order valence-corrected chi connectivity index (χ2v) is 9.69. The Labute approximate surface area is 226 Å². The Bertz CT molecular complexity index is 881. The molecule has 0 radical (unpaired) electrons. The third kappa shape index (κ3) is 6.15. The molecule has 0 bridgehead atoms. The number of nitrogens with two attached hydrogens (primary N) is 3. The highest BCUT2D eigenvalue weighted by Crippen LogP contribution is 2.36. The Morgan fingerprint density at radius 1 is 0.775 bits per heavy atom. The van der Waals surface area contributed by atoms with Crippen molar-refractivity contribution < 1.29 is 78.9 Å². The van der Waals surface area contributed by atoms with Crippen LogP contribution in [0, 0.1) is 0 Å². The van der Waals surface area contributed by atoms with E-state index >= 15 is 0 Å². The number of carbonyl (C=O) groups excluding carboxylic acids is 2. The molecule has 0 aliphatic carbocycles. The second kappa shape index (κ2) is 13.2. The molecule has 0 aromatic heterocycles. The molecule has 3 fully saturated rings. The molecule has 232 valence electrons. The largest absolute Gasteiger partial charge is 0.394 e. The van der Waals surface area contributed by atoms with Crippen LogP contribution in [0.25, 0.3) is 0 Å².